The van der Waals surface area contributed by atoms with E-state index in [-0.39, 0.29) is 19.1 Å². The Balaban J connectivity index is 2.49. The lowest BCUT2D eigenvalue weighted by Crippen LogP contribution is -2.44. The zero-order chi connectivity index (χ0) is 15.2. The minimum atomic E-state index is -1.34. The lowest BCUT2D eigenvalue weighted by Gasteiger charge is -2.20. The maximum absolute atomic E-state index is 11.6. The Labute approximate surface area is 118 Å². The zero-order valence-corrected chi connectivity index (χ0v) is 12.0. The highest BCUT2D eigenvalue weighted by Crippen LogP contribution is 2.27. The van der Waals surface area contributed by atoms with Crippen LogP contribution in [0.1, 0.15) is 12.5 Å². The SMILES string of the molecule is COc1cc(C)ccc1OCC(=O)NCC(C)(O)CO. The Morgan fingerprint density at radius 1 is 1.40 bits per heavy atom. The van der Waals surface area contributed by atoms with Gasteiger partial charge in [-0.3, -0.25) is 4.79 Å². The zero-order valence-electron chi connectivity index (χ0n) is 12.0. The van der Waals surface area contributed by atoms with E-state index in [1.807, 2.05) is 19.1 Å². The summed E-state index contributed by atoms with van der Waals surface area (Å²) in [5, 5.41) is 20.9. The first-order valence-electron chi connectivity index (χ1n) is 6.25. The number of carbonyl (C=O) groups is 1. The number of aliphatic hydroxyl groups is 2. The maximum Gasteiger partial charge on any atom is 0.258 e. The summed E-state index contributed by atoms with van der Waals surface area (Å²) in [6, 6.07) is 5.39. The smallest absolute Gasteiger partial charge is 0.258 e. The molecule has 20 heavy (non-hydrogen) atoms. The average molecular weight is 283 g/mol. The van der Waals surface area contributed by atoms with Crippen LogP contribution in [0.15, 0.2) is 18.2 Å². The van der Waals surface area contributed by atoms with E-state index in [9.17, 15) is 9.90 Å². The molecule has 0 saturated heterocycles. The highest BCUT2D eigenvalue weighted by atomic mass is 16.5. The lowest BCUT2D eigenvalue weighted by molar-refractivity contribution is -0.124. The molecule has 112 valence electrons. The maximum atomic E-state index is 11.6. The molecule has 1 amide bonds. The lowest BCUT2D eigenvalue weighted by atomic mass is 10.1. The molecule has 0 fully saturated rings. The summed E-state index contributed by atoms with van der Waals surface area (Å²) in [6.07, 6.45) is 0. The van der Waals surface area contributed by atoms with Crippen LogP contribution < -0.4 is 14.8 Å². The number of hydrogen-bond acceptors (Lipinski definition) is 5. The van der Waals surface area contributed by atoms with Crippen LogP contribution in [0.25, 0.3) is 0 Å². The normalized spacial score (nSPS) is 13.4. The van der Waals surface area contributed by atoms with Gasteiger partial charge in [-0.25, -0.2) is 0 Å². The van der Waals surface area contributed by atoms with Crippen LogP contribution in [0.4, 0.5) is 0 Å². The molecule has 0 spiro atoms. The summed E-state index contributed by atoms with van der Waals surface area (Å²) in [6.45, 7) is 2.69. The number of ether oxygens (including phenoxy) is 2. The van der Waals surface area contributed by atoms with Gasteiger partial charge in [0.05, 0.1) is 13.7 Å². The number of hydrogen-bond donors (Lipinski definition) is 3. The van der Waals surface area contributed by atoms with Crippen LogP contribution in [-0.2, 0) is 4.79 Å². The summed E-state index contributed by atoms with van der Waals surface area (Å²) in [7, 11) is 1.53. The van der Waals surface area contributed by atoms with E-state index in [1.165, 1.54) is 14.0 Å². The van der Waals surface area contributed by atoms with Gasteiger partial charge in [0.2, 0.25) is 0 Å². The van der Waals surface area contributed by atoms with Crippen LogP contribution in [0.3, 0.4) is 0 Å². The molecule has 0 aromatic heterocycles. The molecule has 0 bridgehead atoms. The third kappa shape index (κ3) is 5.07. The van der Waals surface area contributed by atoms with E-state index in [0.29, 0.717) is 11.5 Å². The van der Waals surface area contributed by atoms with Crippen LogP contribution in [-0.4, -0.2) is 48.6 Å². The molecule has 6 nitrogen and oxygen atoms in total. The number of nitrogens with one attached hydrogen (secondary N) is 1. The van der Waals surface area contributed by atoms with Gasteiger partial charge in [-0.15, -0.1) is 0 Å². The van der Waals surface area contributed by atoms with Crippen molar-refractivity contribution in [1.29, 1.82) is 0 Å². The van der Waals surface area contributed by atoms with E-state index in [1.54, 1.807) is 6.07 Å². The topological polar surface area (TPSA) is 88.0 Å². The molecule has 3 N–H and O–H groups in total. The van der Waals surface area contributed by atoms with Gasteiger partial charge in [-0.05, 0) is 31.5 Å². The molecule has 1 aromatic carbocycles. The molecule has 1 rings (SSSR count). The number of benzene rings is 1. The number of carbonyl (C=O) groups excluding carboxylic acids is 1. The fourth-order valence-corrected chi connectivity index (χ4v) is 1.43. The van der Waals surface area contributed by atoms with Crippen LogP contribution in [0.5, 0.6) is 11.5 Å². The second-order valence-electron chi connectivity index (χ2n) is 4.87. The Morgan fingerprint density at radius 3 is 2.70 bits per heavy atom. The van der Waals surface area contributed by atoms with Crippen molar-refractivity contribution in [2.45, 2.75) is 19.4 Å². The molecule has 1 aromatic rings. The molecule has 6 heteroatoms. The summed E-state index contributed by atoms with van der Waals surface area (Å²) in [5.41, 5.74) is -0.311. The first-order valence-corrected chi connectivity index (χ1v) is 6.25. The number of methoxy groups -OCH3 is 1. The molecule has 0 saturated carbocycles. The third-order valence-corrected chi connectivity index (χ3v) is 2.68. The van der Waals surface area contributed by atoms with Crippen molar-refractivity contribution < 1.29 is 24.5 Å². The molecule has 0 aliphatic rings. The molecule has 0 aliphatic carbocycles. The van der Waals surface area contributed by atoms with E-state index in [4.69, 9.17) is 14.6 Å². The third-order valence-electron chi connectivity index (χ3n) is 2.68. The quantitative estimate of drug-likeness (QED) is 0.667. The first-order chi connectivity index (χ1) is 9.38. The van der Waals surface area contributed by atoms with Crippen molar-refractivity contribution in [3.8, 4) is 11.5 Å². The van der Waals surface area contributed by atoms with Crippen molar-refractivity contribution in [1.82, 2.24) is 5.32 Å². The van der Waals surface area contributed by atoms with Gasteiger partial charge in [0, 0.05) is 6.54 Å². The van der Waals surface area contributed by atoms with Crippen LogP contribution >= 0.6 is 0 Å². The second kappa shape index (κ2) is 7.12. The standard InChI is InChI=1S/C14H21NO5/c1-10-4-5-11(12(6-10)19-3)20-7-13(17)15-8-14(2,18)9-16/h4-6,16,18H,7-9H2,1-3H3,(H,15,17). The number of rotatable bonds is 7. The van der Waals surface area contributed by atoms with E-state index < -0.39 is 12.2 Å². The van der Waals surface area contributed by atoms with Gasteiger partial charge in [0.15, 0.2) is 18.1 Å². The van der Waals surface area contributed by atoms with E-state index in [0.717, 1.165) is 5.56 Å². The monoisotopic (exact) mass is 283 g/mol. The molecule has 0 heterocycles. The predicted molar refractivity (Wildman–Crippen MR) is 73.9 cm³/mol. The fraction of sp³-hybridized carbons (Fsp3) is 0.500. The molecular formula is C14H21NO5. The van der Waals surface area contributed by atoms with Crippen molar-refractivity contribution in [3.05, 3.63) is 23.8 Å². The highest BCUT2D eigenvalue weighted by Gasteiger charge is 2.19. The first kappa shape index (κ1) is 16.3. The molecule has 1 unspecified atom stereocenters. The Hall–Kier alpha value is -1.79. The number of aryl methyl sites for hydroxylation is 1. The average Bonchev–Trinajstić information content (AvgIpc) is 2.43. The largest absolute Gasteiger partial charge is 0.493 e. The van der Waals surface area contributed by atoms with Gasteiger partial charge in [-0.1, -0.05) is 6.07 Å². The van der Waals surface area contributed by atoms with Gasteiger partial charge in [-0.2, -0.15) is 0 Å². The van der Waals surface area contributed by atoms with Crippen molar-refractivity contribution in [2.75, 3.05) is 26.9 Å². The van der Waals surface area contributed by atoms with Crippen molar-refractivity contribution in [2.24, 2.45) is 0 Å². The minimum Gasteiger partial charge on any atom is -0.493 e. The number of aliphatic hydroxyl groups excluding tert-OH is 1. The molecule has 0 radical (unpaired) electrons. The van der Waals surface area contributed by atoms with Crippen LogP contribution in [0, 0.1) is 6.92 Å². The van der Waals surface area contributed by atoms with Crippen LogP contribution in [0.2, 0.25) is 0 Å². The summed E-state index contributed by atoms with van der Waals surface area (Å²) in [5.74, 6) is 0.642. The van der Waals surface area contributed by atoms with Gasteiger partial charge >= 0.3 is 0 Å². The summed E-state index contributed by atoms with van der Waals surface area (Å²) >= 11 is 0. The fourth-order valence-electron chi connectivity index (χ4n) is 1.43. The van der Waals surface area contributed by atoms with Gasteiger partial charge in [0.25, 0.3) is 5.91 Å². The van der Waals surface area contributed by atoms with Crippen molar-refractivity contribution >= 4 is 5.91 Å². The van der Waals surface area contributed by atoms with Gasteiger partial charge in [0.1, 0.15) is 5.60 Å². The molecule has 0 aliphatic heterocycles. The Morgan fingerprint density at radius 2 is 2.10 bits per heavy atom. The Kier molecular flexibility index (Phi) is 5.79. The predicted octanol–water partition coefficient (Wildman–Crippen LogP) is 0.242. The van der Waals surface area contributed by atoms with Crippen molar-refractivity contribution in [3.63, 3.8) is 0 Å². The molecular weight excluding hydrogens is 262 g/mol. The Bertz CT molecular complexity index is 459. The summed E-state index contributed by atoms with van der Waals surface area (Å²) in [4.78, 5) is 11.6. The van der Waals surface area contributed by atoms with E-state index >= 15 is 0 Å². The van der Waals surface area contributed by atoms with E-state index in [2.05, 4.69) is 5.32 Å². The highest BCUT2D eigenvalue weighted by molar-refractivity contribution is 5.77. The van der Waals surface area contributed by atoms with Gasteiger partial charge < -0.3 is 25.0 Å². The molecule has 1 atom stereocenters. The number of amides is 1. The second-order valence-corrected chi connectivity index (χ2v) is 4.87. The minimum absolute atomic E-state index is 0.0449. The summed E-state index contributed by atoms with van der Waals surface area (Å²) < 4.78 is 10.5.